The number of hydrogen-bond donors (Lipinski definition) is 1. The zero-order valence-corrected chi connectivity index (χ0v) is 25.1. The fraction of sp³-hybridized carbons (Fsp3) is 0.314. The molecule has 0 unspecified atom stereocenters. The molecule has 43 heavy (non-hydrogen) atoms. The maximum atomic E-state index is 13.7. The summed E-state index contributed by atoms with van der Waals surface area (Å²) in [4.78, 5) is 39.5. The van der Waals surface area contributed by atoms with Gasteiger partial charge in [-0.25, -0.2) is 4.79 Å². The molecule has 8 heteroatoms. The van der Waals surface area contributed by atoms with Gasteiger partial charge in [-0.05, 0) is 30.3 Å². The van der Waals surface area contributed by atoms with Gasteiger partial charge in [0.25, 0.3) is 0 Å². The molecule has 0 spiro atoms. The molecule has 6 rings (SSSR count). The molecule has 2 aliphatic rings. The van der Waals surface area contributed by atoms with Gasteiger partial charge in [-0.3, -0.25) is 9.59 Å². The standard InChI is InChI=1S/C27H21N3O5.C3H8.C2H6.C2H4.CH4/c1-34-27(33)15-6-8-16(9-7-15)28-20-14-21(30-12-10-17(31)11-13-30)24-23-22(20)25(32)18-4-2-3-5-19(18)26(23)35-29-24;1-3-2;2*1-2;/h2-9,14,28H,10-13H2,1H3;3H2,1-2H3;1-2H3;1-2H2;1H4. The van der Waals surface area contributed by atoms with Gasteiger partial charge in [0.05, 0.1) is 35.0 Å². The number of ether oxygens (including phenoxy) is 1. The predicted octanol–water partition coefficient (Wildman–Crippen LogP) is 8.62. The van der Waals surface area contributed by atoms with Crippen molar-refractivity contribution >= 4 is 45.5 Å². The lowest BCUT2D eigenvalue weighted by molar-refractivity contribution is -0.119. The number of benzene rings is 3. The maximum Gasteiger partial charge on any atom is 0.337 e. The first-order valence-corrected chi connectivity index (χ1v) is 14.3. The van der Waals surface area contributed by atoms with Crippen molar-refractivity contribution in [1.29, 1.82) is 0 Å². The number of esters is 1. The summed E-state index contributed by atoms with van der Waals surface area (Å²) in [5, 5.41) is 8.40. The quantitative estimate of drug-likeness (QED) is 0.165. The molecule has 0 radical (unpaired) electrons. The van der Waals surface area contributed by atoms with Gasteiger partial charge >= 0.3 is 5.97 Å². The Morgan fingerprint density at radius 2 is 1.58 bits per heavy atom. The Hall–Kier alpha value is -4.72. The van der Waals surface area contributed by atoms with Crippen LogP contribution in [0.25, 0.3) is 22.2 Å². The van der Waals surface area contributed by atoms with Gasteiger partial charge < -0.3 is 19.5 Å². The molecule has 1 fully saturated rings. The molecule has 228 valence electrons. The van der Waals surface area contributed by atoms with E-state index >= 15 is 0 Å². The fourth-order valence-corrected chi connectivity index (χ4v) is 4.84. The maximum absolute atomic E-state index is 13.7. The van der Waals surface area contributed by atoms with Crippen molar-refractivity contribution in [1.82, 2.24) is 5.16 Å². The molecule has 1 saturated heterocycles. The summed E-state index contributed by atoms with van der Waals surface area (Å²) in [6.07, 6.45) is 2.18. The van der Waals surface area contributed by atoms with E-state index in [4.69, 9.17) is 9.26 Å². The van der Waals surface area contributed by atoms with E-state index < -0.39 is 5.97 Å². The smallest absolute Gasteiger partial charge is 0.337 e. The first-order chi connectivity index (χ1) is 20.5. The molecular weight excluding hydrogens is 542 g/mol. The Morgan fingerprint density at radius 1 is 1.00 bits per heavy atom. The molecule has 4 aromatic rings. The van der Waals surface area contributed by atoms with E-state index in [-0.39, 0.29) is 19.0 Å². The first-order valence-electron chi connectivity index (χ1n) is 14.3. The van der Waals surface area contributed by atoms with Crippen molar-refractivity contribution in [2.24, 2.45) is 0 Å². The zero-order chi connectivity index (χ0) is 30.8. The molecule has 0 atom stereocenters. The lowest BCUT2D eigenvalue weighted by Gasteiger charge is -2.29. The fourth-order valence-electron chi connectivity index (χ4n) is 4.84. The van der Waals surface area contributed by atoms with Crippen LogP contribution < -0.4 is 10.2 Å². The number of Topliss-reactive ketones (excluding diaryl/α,β-unsaturated/α-hetero) is 1. The summed E-state index contributed by atoms with van der Waals surface area (Å²) >= 11 is 0. The average molecular weight is 586 g/mol. The number of piperidine rings is 1. The molecule has 0 saturated carbocycles. The Bertz CT molecular complexity index is 1550. The van der Waals surface area contributed by atoms with Crippen molar-refractivity contribution < 1.29 is 23.6 Å². The van der Waals surface area contributed by atoms with E-state index in [0.717, 1.165) is 5.69 Å². The highest BCUT2D eigenvalue weighted by molar-refractivity contribution is 6.28. The van der Waals surface area contributed by atoms with Gasteiger partial charge in [-0.15, -0.1) is 13.2 Å². The minimum atomic E-state index is -0.420. The summed E-state index contributed by atoms with van der Waals surface area (Å²) < 4.78 is 10.6. The largest absolute Gasteiger partial charge is 0.465 e. The van der Waals surface area contributed by atoms with Crippen molar-refractivity contribution in [3.05, 3.63) is 84.4 Å². The number of nitrogens with one attached hydrogen (secondary N) is 1. The third-order valence-corrected chi connectivity index (χ3v) is 6.63. The van der Waals surface area contributed by atoms with Crippen LogP contribution in [0.5, 0.6) is 0 Å². The van der Waals surface area contributed by atoms with Gasteiger partial charge in [-0.1, -0.05) is 71.0 Å². The van der Waals surface area contributed by atoms with E-state index in [1.165, 1.54) is 13.5 Å². The van der Waals surface area contributed by atoms with Crippen LogP contribution in [-0.4, -0.2) is 42.9 Å². The van der Waals surface area contributed by atoms with Crippen molar-refractivity contribution in [2.45, 2.75) is 54.4 Å². The van der Waals surface area contributed by atoms with Gasteiger partial charge in [-0.2, -0.15) is 0 Å². The van der Waals surface area contributed by atoms with Crippen LogP contribution in [0, 0.1) is 0 Å². The SMILES string of the molecule is C.C=C.CC.CCC.COC(=O)c1ccc(Nc2cc(N3CCC(=O)CC3)c3noc4c3c2C(=O)c2ccccc2-4)cc1. The second-order valence-electron chi connectivity index (χ2n) is 9.36. The Morgan fingerprint density at radius 3 is 2.16 bits per heavy atom. The molecule has 1 aliphatic carbocycles. The highest BCUT2D eigenvalue weighted by atomic mass is 16.5. The Kier molecular flexibility index (Phi) is 12.9. The monoisotopic (exact) mass is 585 g/mol. The number of carbonyl (C=O) groups excluding carboxylic acids is 3. The second kappa shape index (κ2) is 16.1. The number of aromatic nitrogens is 1. The third kappa shape index (κ3) is 7.02. The molecule has 1 aromatic heterocycles. The molecule has 1 aliphatic heterocycles. The van der Waals surface area contributed by atoms with Crippen molar-refractivity contribution in [3.63, 3.8) is 0 Å². The zero-order valence-electron chi connectivity index (χ0n) is 25.1. The molecule has 0 bridgehead atoms. The number of ketones is 2. The number of hydrogen-bond acceptors (Lipinski definition) is 8. The summed E-state index contributed by atoms with van der Waals surface area (Å²) in [6.45, 7) is 15.4. The predicted molar refractivity (Wildman–Crippen MR) is 176 cm³/mol. The van der Waals surface area contributed by atoms with Gasteiger partial charge in [0, 0.05) is 42.7 Å². The Labute approximate surface area is 254 Å². The van der Waals surface area contributed by atoms with Crippen LogP contribution in [0.1, 0.15) is 80.7 Å². The molecule has 3 aromatic carbocycles. The van der Waals surface area contributed by atoms with Crippen LogP contribution >= 0.6 is 0 Å². The molecule has 1 N–H and O–H groups in total. The van der Waals surface area contributed by atoms with E-state index in [2.05, 4.69) is 42.4 Å². The van der Waals surface area contributed by atoms with Crippen LogP contribution in [0.3, 0.4) is 0 Å². The highest BCUT2D eigenvalue weighted by Gasteiger charge is 2.34. The van der Waals surface area contributed by atoms with E-state index in [9.17, 15) is 14.4 Å². The summed E-state index contributed by atoms with van der Waals surface area (Å²) in [5.74, 6) is 0.264. The second-order valence-corrected chi connectivity index (χ2v) is 9.36. The number of fused-ring (bicyclic) bond motifs is 2. The third-order valence-electron chi connectivity index (χ3n) is 6.63. The molecule has 2 heterocycles. The van der Waals surface area contributed by atoms with Gasteiger partial charge in [0.1, 0.15) is 11.3 Å². The van der Waals surface area contributed by atoms with Crippen LogP contribution in [0.2, 0.25) is 0 Å². The highest BCUT2D eigenvalue weighted by Crippen LogP contribution is 2.46. The van der Waals surface area contributed by atoms with E-state index in [1.54, 1.807) is 30.3 Å². The molecular formula is C35H43N3O5. The molecule has 0 amide bonds. The number of methoxy groups -OCH3 is 1. The summed E-state index contributed by atoms with van der Waals surface area (Å²) in [6, 6.07) is 16.1. The summed E-state index contributed by atoms with van der Waals surface area (Å²) in [7, 11) is 1.34. The van der Waals surface area contributed by atoms with Gasteiger partial charge in [0.15, 0.2) is 11.5 Å². The van der Waals surface area contributed by atoms with Gasteiger partial charge in [0.2, 0.25) is 0 Å². The minimum Gasteiger partial charge on any atom is -0.465 e. The minimum absolute atomic E-state index is 0. The van der Waals surface area contributed by atoms with Crippen molar-refractivity contribution in [2.75, 3.05) is 30.4 Å². The van der Waals surface area contributed by atoms with E-state index in [0.29, 0.717) is 76.2 Å². The lowest BCUT2D eigenvalue weighted by Crippen LogP contribution is -2.34. The van der Waals surface area contributed by atoms with Crippen LogP contribution in [-0.2, 0) is 9.53 Å². The topological polar surface area (TPSA) is 102 Å². The normalized spacial score (nSPS) is 12.6. The van der Waals surface area contributed by atoms with E-state index in [1.807, 2.05) is 38.1 Å². The average Bonchev–Trinajstić information content (AvgIpc) is 3.48. The Balaban J connectivity index is 0.000000748. The summed E-state index contributed by atoms with van der Waals surface area (Å²) in [5.41, 5.74) is 4.93. The van der Waals surface area contributed by atoms with Crippen molar-refractivity contribution in [3.8, 4) is 11.3 Å². The first kappa shape index (κ1) is 34.5. The van der Waals surface area contributed by atoms with Crippen LogP contribution in [0.4, 0.5) is 17.1 Å². The van der Waals surface area contributed by atoms with Crippen LogP contribution in [0.15, 0.2) is 72.3 Å². The number of anilines is 3. The number of carbonyl (C=O) groups is 3. The lowest BCUT2D eigenvalue weighted by atomic mass is 9.86. The number of rotatable bonds is 4. The number of nitrogens with zero attached hydrogens (tertiary/aromatic N) is 2. The molecule has 8 nitrogen and oxygen atoms in total.